The summed E-state index contributed by atoms with van der Waals surface area (Å²) in [7, 11) is 0. The van der Waals surface area contributed by atoms with Gasteiger partial charge in [-0.05, 0) is 18.2 Å². The van der Waals surface area contributed by atoms with Crippen molar-refractivity contribution in [2.45, 2.75) is 0 Å². The van der Waals surface area contributed by atoms with E-state index in [4.69, 9.17) is 0 Å². The Kier molecular flexibility index (Phi) is 4.32. The predicted octanol–water partition coefficient (Wildman–Crippen LogP) is 4.07. The van der Waals surface area contributed by atoms with Crippen molar-refractivity contribution in [1.82, 2.24) is 9.78 Å². The lowest BCUT2D eigenvalue weighted by Gasteiger charge is -2.07. The summed E-state index contributed by atoms with van der Waals surface area (Å²) in [6.45, 7) is 0. The van der Waals surface area contributed by atoms with Gasteiger partial charge in [0, 0.05) is 34.7 Å². The molecule has 0 aliphatic rings. The van der Waals surface area contributed by atoms with E-state index in [1.807, 2.05) is 0 Å². The Labute approximate surface area is 163 Å². The van der Waals surface area contributed by atoms with Crippen LogP contribution >= 0.6 is 0 Å². The number of fused-ring (bicyclic) bond motifs is 1. The summed E-state index contributed by atoms with van der Waals surface area (Å²) < 4.78 is 1.26. The van der Waals surface area contributed by atoms with E-state index >= 15 is 0 Å². The number of rotatable bonds is 5. The number of nitrogens with zero attached hydrogens (tertiary/aromatic N) is 4. The second-order valence-electron chi connectivity index (χ2n) is 6.21. The van der Waals surface area contributed by atoms with Crippen LogP contribution in [0.4, 0.5) is 11.4 Å². The molecule has 0 radical (unpaired) electrons. The van der Waals surface area contributed by atoms with E-state index in [1.165, 1.54) is 47.3 Å². The largest absolute Gasteiger partial charge is 0.295 e. The molecule has 3 aromatic carbocycles. The number of non-ortho nitro benzene ring substituents is 1. The van der Waals surface area contributed by atoms with Crippen LogP contribution in [0.25, 0.3) is 16.6 Å². The number of nitro benzene ring substituents is 2. The second-order valence-corrected chi connectivity index (χ2v) is 6.21. The molecule has 1 heterocycles. The highest BCUT2D eigenvalue weighted by Crippen LogP contribution is 2.29. The van der Waals surface area contributed by atoms with Crippen molar-refractivity contribution >= 4 is 28.1 Å². The number of nitro groups is 2. The van der Waals surface area contributed by atoms with Gasteiger partial charge < -0.3 is 0 Å². The van der Waals surface area contributed by atoms with Gasteiger partial charge in [0.05, 0.1) is 21.6 Å². The van der Waals surface area contributed by atoms with Gasteiger partial charge in [0.1, 0.15) is 5.69 Å². The van der Waals surface area contributed by atoms with Crippen molar-refractivity contribution in [3.63, 3.8) is 0 Å². The summed E-state index contributed by atoms with van der Waals surface area (Å²) >= 11 is 0. The van der Waals surface area contributed by atoms with Crippen molar-refractivity contribution < 1.29 is 14.6 Å². The molecule has 0 aliphatic heterocycles. The molecule has 1 aromatic heterocycles. The zero-order valence-electron chi connectivity index (χ0n) is 14.8. The first kappa shape index (κ1) is 18.0. The van der Waals surface area contributed by atoms with E-state index in [9.17, 15) is 25.0 Å². The molecule has 4 rings (SSSR count). The molecular weight excluding hydrogens is 376 g/mol. The monoisotopic (exact) mass is 388 g/mol. The van der Waals surface area contributed by atoms with Crippen molar-refractivity contribution in [1.29, 1.82) is 0 Å². The fourth-order valence-corrected chi connectivity index (χ4v) is 3.06. The number of carbonyl (C=O) groups is 1. The Bertz CT molecular complexity index is 1280. The van der Waals surface area contributed by atoms with Crippen molar-refractivity contribution in [2.75, 3.05) is 0 Å². The van der Waals surface area contributed by atoms with Crippen LogP contribution in [0.5, 0.6) is 0 Å². The van der Waals surface area contributed by atoms with E-state index in [0.29, 0.717) is 16.5 Å². The average molecular weight is 388 g/mol. The van der Waals surface area contributed by atoms with Crippen LogP contribution in [0, 0.1) is 20.2 Å². The first-order valence-corrected chi connectivity index (χ1v) is 8.46. The summed E-state index contributed by atoms with van der Waals surface area (Å²) in [6.07, 6.45) is 1.46. The lowest BCUT2D eigenvalue weighted by Crippen LogP contribution is -2.06. The van der Waals surface area contributed by atoms with Crippen molar-refractivity contribution in [3.05, 3.63) is 104 Å². The number of hydrogen-bond acceptors (Lipinski definition) is 6. The van der Waals surface area contributed by atoms with Gasteiger partial charge in [-0.15, -0.1) is 0 Å². The lowest BCUT2D eigenvalue weighted by molar-refractivity contribution is -0.385. The zero-order chi connectivity index (χ0) is 20.5. The van der Waals surface area contributed by atoms with Crippen LogP contribution in [0.2, 0.25) is 0 Å². The molecule has 0 spiro atoms. The maximum absolute atomic E-state index is 12.6. The van der Waals surface area contributed by atoms with Gasteiger partial charge in [0.2, 0.25) is 0 Å². The molecule has 0 saturated carbocycles. The fourth-order valence-electron chi connectivity index (χ4n) is 3.06. The summed E-state index contributed by atoms with van der Waals surface area (Å²) in [4.78, 5) is 34.2. The second kappa shape index (κ2) is 6.97. The summed E-state index contributed by atoms with van der Waals surface area (Å²) in [5.74, 6) is -0.346. The topological polar surface area (TPSA) is 121 Å². The molecule has 0 fully saturated rings. The van der Waals surface area contributed by atoms with Gasteiger partial charge in [-0.2, -0.15) is 5.10 Å². The third-order valence-electron chi connectivity index (χ3n) is 4.46. The first-order valence-electron chi connectivity index (χ1n) is 8.46. The van der Waals surface area contributed by atoms with Crippen LogP contribution in [0.3, 0.4) is 0 Å². The molecule has 0 unspecified atom stereocenters. The van der Waals surface area contributed by atoms with E-state index in [2.05, 4.69) is 5.10 Å². The Hall–Kier alpha value is -4.40. The highest BCUT2D eigenvalue weighted by Gasteiger charge is 2.22. The van der Waals surface area contributed by atoms with E-state index in [-0.39, 0.29) is 28.4 Å². The normalized spacial score (nSPS) is 10.8. The van der Waals surface area contributed by atoms with Gasteiger partial charge in [0.15, 0.2) is 5.78 Å². The molecule has 9 nitrogen and oxygen atoms in total. The lowest BCUT2D eigenvalue weighted by atomic mass is 10.0. The van der Waals surface area contributed by atoms with Crippen molar-refractivity contribution in [2.24, 2.45) is 0 Å². The predicted molar refractivity (Wildman–Crippen MR) is 104 cm³/mol. The molecule has 0 saturated heterocycles. The van der Waals surface area contributed by atoms with Crippen LogP contribution < -0.4 is 0 Å². The minimum Gasteiger partial charge on any atom is -0.289 e. The van der Waals surface area contributed by atoms with E-state index < -0.39 is 9.85 Å². The third-order valence-corrected chi connectivity index (χ3v) is 4.46. The fraction of sp³-hybridized carbons (Fsp3) is 0. The van der Waals surface area contributed by atoms with Crippen molar-refractivity contribution in [3.8, 4) is 5.69 Å². The summed E-state index contributed by atoms with van der Waals surface area (Å²) in [5, 5.41) is 27.5. The van der Waals surface area contributed by atoms with Gasteiger partial charge in [-0.3, -0.25) is 25.0 Å². The first-order chi connectivity index (χ1) is 14.0. The summed E-state index contributed by atoms with van der Waals surface area (Å²) in [5.41, 5.74) is 0.546. The van der Waals surface area contributed by atoms with Gasteiger partial charge >= 0.3 is 0 Å². The number of hydrogen-bond donors (Lipinski definition) is 0. The molecule has 29 heavy (non-hydrogen) atoms. The zero-order valence-corrected chi connectivity index (χ0v) is 14.8. The molecule has 0 atom stereocenters. The van der Waals surface area contributed by atoms with E-state index in [1.54, 1.807) is 30.3 Å². The van der Waals surface area contributed by atoms with Gasteiger partial charge in [-0.1, -0.05) is 30.3 Å². The molecule has 9 heteroatoms. The Balaban J connectivity index is 1.86. The quantitative estimate of drug-likeness (QED) is 0.288. The molecular formula is C20H12N4O5. The Morgan fingerprint density at radius 1 is 0.862 bits per heavy atom. The molecule has 0 amide bonds. The summed E-state index contributed by atoms with van der Waals surface area (Å²) in [6, 6.07) is 16.7. The molecule has 0 N–H and O–H groups in total. The average Bonchev–Trinajstić information content (AvgIpc) is 3.16. The Morgan fingerprint density at radius 3 is 2.31 bits per heavy atom. The number of carbonyl (C=O) groups excluding carboxylic acids is 1. The maximum Gasteiger partial charge on any atom is 0.295 e. The van der Waals surface area contributed by atoms with Crippen LogP contribution in [-0.4, -0.2) is 25.4 Å². The molecule has 0 bridgehead atoms. The number of benzene rings is 3. The SMILES string of the molecule is O=C(c1ccccc1)c1ccc(-n2ncc3ccc([N+](=O)[O-])cc32)c([N+](=O)[O-])c1. The van der Waals surface area contributed by atoms with Gasteiger partial charge in [0.25, 0.3) is 11.4 Å². The third kappa shape index (κ3) is 3.21. The minimum atomic E-state index is -0.609. The molecule has 4 aromatic rings. The minimum absolute atomic E-state index is 0.107. The molecule has 142 valence electrons. The highest BCUT2D eigenvalue weighted by atomic mass is 16.6. The smallest absolute Gasteiger partial charge is 0.289 e. The standard InChI is InChI=1S/C20H12N4O5/c25-20(13-4-2-1-3-5-13)14-7-9-17(19(10-14)24(28)29)22-18-11-16(23(26)27)8-6-15(18)12-21-22/h1-12H. The van der Waals surface area contributed by atoms with Crippen LogP contribution in [0.1, 0.15) is 15.9 Å². The van der Waals surface area contributed by atoms with E-state index in [0.717, 1.165) is 0 Å². The van der Waals surface area contributed by atoms with Gasteiger partial charge in [-0.25, -0.2) is 4.68 Å². The van der Waals surface area contributed by atoms with Crippen LogP contribution in [0.15, 0.2) is 72.9 Å². The van der Waals surface area contributed by atoms with Crippen LogP contribution in [-0.2, 0) is 0 Å². The Morgan fingerprint density at radius 2 is 1.62 bits per heavy atom. The number of ketones is 1. The highest BCUT2D eigenvalue weighted by molar-refractivity contribution is 6.09. The molecule has 0 aliphatic carbocycles. The maximum atomic E-state index is 12.6. The number of aromatic nitrogens is 2.